The number of hydrogen-bond donors (Lipinski definition) is 1. The molecule has 1 aliphatic carbocycles. The molecule has 0 atom stereocenters. The van der Waals surface area contributed by atoms with Crippen LogP contribution in [0, 0.1) is 0 Å². The van der Waals surface area contributed by atoms with Crippen LogP contribution in [0.3, 0.4) is 0 Å². The minimum atomic E-state index is 0.158. The summed E-state index contributed by atoms with van der Waals surface area (Å²) in [6.45, 7) is 8.91. The molecule has 2 aliphatic heterocycles. The normalized spacial score (nSPS) is 23.2. The molecule has 0 bridgehead atoms. The first-order chi connectivity index (χ1) is 19.2. The number of ether oxygens (including phenoxy) is 2. The van der Waals surface area contributed by atoms with E-state index in [0.29, 0.717) is 6.04 Å². The van der Waals surface area contributed by atoms with E-state index in [2.05, 4.69) is 59.1 Å². The first-order valence-electron chi connectivity index (χ1n) is 14.4. The Bertz CT molecular complexity index is 1200. The average Bonchev–Trinajstić information content (AvgIpc) is 2.99. The predicted molar refractivity (Wildman–Crippen MR) is 153 cm³/mol. The number of piperazine rings is 1. The monoisotopic (exact) mass is 532 g/mol. The third kappa shape index (κ3) is 6.74. The van der Waals surface area contributed by atoms with Crippen molar-refractivity contribution in [3.8, 4) is 5.75 Å². The van der Waals surface area contributed by atoms with Crippen molar-refractivity contribution in [1.82, 2.24) is 29.7 Å². The van der Waals surface area contributed by atoms with Gasteiger partial charge in [-0.1, -0.05) is 0 Å². The van der Waals surface area contributed by atoms with Crippen LogP contribution in [0.4, 0.5) is 11.6 Å². The minimum absolute atomic E-state index is 0.158. The van der Waals surface area contributed by atoms with Gasteiger partial charge in [-0.05, 0) is 50.8 Å². The van der Waals surface area contributed by atoms with E-state index in [-0.39, 0.29) is 6.10 Å². The highest BCUT2D eigenvalue weighted by molar-refractivity contribution is 5.85. The van der Waals surface area contributed by atoms with Gasteiger partial charge >= 0.3 is 0 Å². The highest BCUT2D eigenvalue weighted by Gasteiger charge is 2.25. The molecule has 2 aromatic heterocycles. The van der Waals surface area contributed by atoms with E-state index in [1.54, 1.807) is 12.4 Å². The summed E-state index contributed by atoms with van der Waals surface area (Å²) in [4.78, 5) is 25.6. The molecule has 2 saturated heterocycles. The lowest BCUT2D eigenvalue weighted by Crippen LogP contribution is -2.45. The van der Waals surface area contributed by atoms with Gasteiger partial charge in [-0.15, -0.1) is 0 Å². The van der Waals surface area contributed by atoms with E-state index in [9.17, 15) is 0 Å². The van der Waals surface area contributed by atoms with Gasteiger partial charge in [-0.25, -0.2) is 15.0 Å². The van der Waals surface area contributed by atoms with Gasteiger partial charge in [-0.2, -0.15) is 0 Å². The SMILES string of the molecule is CN1CCN(CCc2cnc(NC3CCC(Oc4cc(N5CCOCC5)cc5nccnc45)CC3)nc2)CC1. The molecule has 6 rings (SSSR count). The van der Waals surface area contributed by atoms with Crippen molar-refractivity contribution in [1.29, 1.82) is 0 Å². The van der Waals surface area contributed by atoms with Crippen LogP contribution in [0.2, 0.25) is 0 Å². The van der Waals surface area contributed by atoms with Crippen LogP contribution >= 0.6 is 0 Å². The van der Waals surface area contributed by atoms with Crippen molar-refractivity contribution in [2.24, 2.45) is 0 Å². The molecule has 1 saturated carbocycles. The van der Waals surface area contributed by atoms with E-state index < -0.39 is 0 Å². The fourth-order valence-electron chi connectivity index (χ4n) is 5.73. The third-order valence-corrected chi connectivity index (χ3v) is 8.22. The Morgan fingerprint density at radius 2 is 1.64 bits per heavy atom. The number of anilines is 2. The lowest BCUT2D eigenvalue weighted by molar-refractivity contribution is 0.122. The number of rotatable bonds is 8. The van der Waals surface area contributed by atoms with Gasteiger partial charge in [-0.3, -0.25) is 4.98 Å². The summed E-state index contributed by atoms with van der Waals surface area (Å²) in [7, 11) is 2.19. The molecular formula is C29H40N8O2. The number of fused-ring (bicyclic) bond motifs is 1. The number of likely N-dealkylation sites (N-methyl/N-ethyl adjacent to an activating group) is 1. The first kappa shape index (κ1) is 26.2. The zero-order valence-corrected chi connectivity index (χ0v) is 23.0. The molecule has 4 heterocycles. The second-order valence-corrected chi connectivity index (χ2v) is 11.0. The van der Waals surface area contributed by atoms with Gasteiger partial charge in [0, 0.05) is 88.4 Å². The molecule has 0 radical (unpaired) electrons. The number of nitrogens with zero attached hydrogens (tertiary/aromatic N) is 7. The van der Waals surface area contributed by atoms with Crippen LogP contribution in [0.15, 0.2) is 36.9 Å². The molecule has 208 valence electrons. The Labute approximate surface area is 230 Å². The molecular weight excluding hydrogens is 492 g/mol. The molecule has 3 aliphatic rings. The molecule has 0 spiro atoms. The van der Waals surface area contributed by atoms with Gasteiger partial charge in [0.05, 0.1) is 24.8 Å². The molecule has 10 nitrogen and oxygen atoms in total. The summed E-state index contributed by atoms with van der Waals surface area (Å²) in [6.07, 6.45) is 12.6. The Morgan fingerprint density at radius 3 is 2.41 bits per heavy atom. The quantitative estimate of drug-likeness (QED) is 0.467. The zero-order chi connectivity index (χ0) is 26.4. The fourth-order valence-corrected chi connectivity index (χ4v) is 5.73. The summed E-state index contributed by atoms with van der Waals surface area (Å²) in [5, 5.41) is 3.55. The fraction of sp³-hybridized carbons (Fsp3) is 0.586. The smallest absolute Gasteiger partial charge is 0.222 e. The van der Waals surface area contributed by atoms with Gasteiger partial charge in [0.1, 0.15) is 11.3 Å². The Balaban J connectivity index is 1.01. The topological polar surface area (TPSA) is 91.8 Å². The maximum absolute atomic E-state index is 6.57. The highest BCUT2D eigenvalue weighted by atomic mass is 16.5. The lowest BCUT2D eigenvalue weighted by Gasteiger charge is -2.32. The van der Waals surface area contributed by atoms with Crippen LogP contribution < -0.4 is 15.0 Å². The maximum atomic E-state index is 6.57. The van der Waals surface area contributed by atoms with Crippen molar-refractivity contribution in [3.63, 3.8) is 0 Å². The largest absolute Gasteiger partial charge is 0.488 e. The van der Waals surface area contributed by atoms with Crippen molar-refractivity contribution in [2.75, 3.05) is 76.3 Å². The van der Waals surface area contributed by atoms with E-state index in [0.717, 1.165) is 120 Å². The van der Waals surface area contributed by atoms with Crippen LogP contribution in [-0.2, 0) is 11.2 Å². The highest BCUT2D eigenvalue weighted by Crippen LogP contribution is 2.33. The van der Waals surface area contributed by atoms with E-state index in [1.807, 2.05) is 12.4 Å². The molecule has 3 fully saturated rings. The molecule has 1 aromatic carbocycles. The summed E-state index contributed by atoms with van der Waals surface area (Å²) in [5.41, 5.74) is 4.03. The number of benzene rings is 1. The number of aromatic nitrogens is 4. The lowest BCUT2D eigenvalue weighted by atomic mass is 9.93. The Hall–Kier alpha value is -3.08. The number of nitrogens with one attached hydrogen (secondary N) is 1. The average molecular weight is 533 g/mol. The van der Waals surface area contributed by atoms with Crippen LogP contribution in [0.1, 0.15) is 31.2 Å². The third-order valence-electron chi connectivity index (χ3n) is 8.22. The van der Waals surface area contributed by atoms with E-state index >= 15 is 0 Å². The van der Waals surface area contributed by atoms with Crippen LogP contribution in [0.5, 0.6) is 5.75 Å². The number of hydrogen-bond acceptors (Lipinski definition) is 10. The second-order valence-electron chi connectivity index (χ2n) is 11.0. The van der Waals surface area contributed by atoms with Crippen LogP contribution in [-0.4, -0.2) is 108 Å². The van der Waals surface area contributed by atoms with Crippen molar-refractivity contribution in [3.05, 3.63) is 42.5 Å². The standard InChI is InChI=1S/C29H40N8O2/c1-35-10-12-36(13-11-35)9-6-22-20-32-29(33-21-22)34-23-2-4-25(5-3-23)39-27-19-24(37-14-16-38-17-15-37)18-26-28(27)31-8-7-30-26/h7-8,18-21,23,25H,2-6,9-17H2,1H3,(H,32,33,34). The van der Waals surface area contributed by atoms with Gasteiger partial charge in [0.25, 0.3) is 0 Å². The van der Waals surface area contributed by atoms with Crippen molar-refractivity contribution >= 4 is 22.7 Å². The van der Waals surface area contributed by atoms with E-state index in [4.69, 9.17) is 9.47 Å². The summed E-state index contributed by atoms with van der Waals surface area (Å²) in [6, 6.07) is 4.60. The summed E-state index contributed by atoms with van der Waals surface area (Å²) >= 11 is 0. The maximum Gasteiger partial charge on any atom is 0.222 e. The van der Waals surface area contributed by atoms with Crippen molar-refractivity contribution in [2.45, 2.75) is 44.2 Å². The Morgan fingerprint density at radius 1 is 0.897 bits per heavy atom. The summed E-state index contributed by atoms with van der Waals surface area (Å²) in [5.74, 6) is 1.55. The Kier molecular flexibility index (Phi) is 8.32. The molecule has 0 unspecified atom stereocenters. The molecule has 1 N–H and O–H groups in total. The number of morpholine rings is 1. The van der Waals surface area contributed by atoms with E-state index in [1.165, 1.54) is 5.56 Å². The summed E-state index contributed by atoms with van der Waals surface area (Å²) < 4.78 is 12.1. The van der Waals surface area contributed by atoms with Crippen LogP contribution in [0.25, 0.3) is 11.0 Å². The molecule has 10 heteroatoms. The zero-order valence-electron chi connectivity index (χ0n) is 23.0. The minimum Gasteiger partial charge on any atom is -0.488 e. The second kappa shape index (κ2) is 12.4. The molecule has 3 aromatic rings. The molecule has 39 heavy (non-hydrogen) atoms. The van der Waals surface area contributed by atoms with Gasteiger partial charge < -0.3 is 29.5 Å². The van der Waals surface area contributed by atoms with Gasteiger partial charge in [0.15, 0.2) is 0 Å². The van der Waals surface area contributed by atoms with Gasteiger partial charge in [0.2, 0.25) is 5.95 Å². The van der Waals surface area contributed by atoms with Crippen molar-refractivity contribution < 1.29 is 9.47 Å². The predicted octanol–water partition coefficient (Wildman–Crippen LogP) is 2.85. The first-order valence-corrected chi connectivity index (χ1v) is 14.4. The molecule has 0 amide bonds.